The summed E-state index contributed by atoms with van der Waals surface area (Å²) in [6.45, 7) is 0. The van der Waals surface area contributed by atoms with E-state index in [4.69, 9.17) is 0 Å². The molecule has 0 bridgehead atoms. The lowest BCUT2D eigenvalue weighted by Crippen LogP contribution is -2.02. The minimum Gasteiger partial charge on any atom is -0.313 e. The highest BCUT2D eigenvalue weighted by Crippen LogP contribution is 2.21. The highest BCUT2D eigenvalue weighted by molar-refractivity contribution is 5.86. The third-order valence-electron chi connectivity index (χ3n) is 3.81. The highest BCUT2D eigenvalue weighted by atomic mass is 16.1. The first kappa shape index (κ1) is 11.9. The third kappa shape index (κ3) is 1.84. The Balaban J connectivity index is 2.26. The molecule has 0 saturated heterocycles. The summed E-state index contributed by atoms with van der Waals surface area (Å²) < 4.78 is 1.96. The molecule has 0 radical (unpaired) electrons. The van der Waals surface area contributed by atoms with E-state index in [1.54, 1.807) is 0 Å². The van der Waals surface area contributed by atoms with Gasteiger partial charge >= 0.3 is 0 Å². The molecule has 4 aromatic rings. The van der Waals surface area contributed by atoms with Crippen molar-refractivity contribution in [2.75, 3.05) is 0 Å². The molecule has 0 amide bonds. The van der Waals surface area contributed by atoms with E-state index >= 15 is 0 Å². The molecule has 0 N–H and O–H groups in total. The quantitative estimate of drug-likeness (QED) is 0.510. The summed E-state index contributed by atoms with van der Waals surface area (Å²) in [5, 5.41) is 1.06. The molecule has 2 nitrogen and oxygen atoms in total. The van der Waals surface area contributed by atoms with Gasteiger partial charge in [0.1, 0.15) is 0 Å². The van der Waals surface area contributed by atoms with E-state index < -0.39 is 0 Å². The van der Waals surface area contributed by atoms with Crippen LogP contribution in [0.1, 0.15) is 0 Å². The summed E-state index contributed by atoms with van der Waals surface area (Å²) in [7, 11) is 0. The molecule has 0 fully saturated rings. The zero-order valence-corrected chi connectivity index (χ0v) is 11.4. The van der Waals surface area contributed by atoms with Crippen LogP contribution >= 0.6 is 0 Å². The SMILES string of the molecule is O=c1c(-c2ccccc2)cc2ccccc2n2cccc12. The van der Waals surface area contributed by atoms with Crippen molar-refractivity contribution in [2.45, 2.75) is 0 Å². The number of rotatable bonds is 1. The fraction of sp³-hybridized carbons (Fsp3) is 0. The van der Waals surface area contributed by atoms with Gasteiger partial charge in [0, 0.05) is 11.8 Å². The molecule has 0 spiro atoms. The van der Waals surface area contributed by atoms with Gasteiger partial charge in [-0.2, -0.15) is 0 Å². The maximum Gasteiger partial charge on any atom is 0.210 e. The van der Waals surface area contributed by atoms with Crippen molar-refractivity contribution in [3.63, 3.8) is 0 Å². The minimum absolute atomic E-state index is 0.0578. The smallest absolute Gasteiger partial charge is 0.210 e. The standard InChI is InChI=1S/C19H13NO/c21-19-16(14-7-2-1-3-8-14)13-15-9-4-5-10-17(15)20-12-6-11-18(19)20/h1-13H. The van der Waals surface area contributed by atoms with E-state index in [9.17, 15) is 4.79 Å². The van der Waals surface area contributed by atoms with E-state index in [2.05, 4.69) is 0 Å². The van der Waals surface area contributed by atoms with Crippen molar-refractivity contribution >= 4 is 16.4 Å². The molecule has 2 aromatic heterocycles. The lowest BCUT2D eigenvalue weighted by molar-refractivity contribution is 1.28. The predicted octanol–water partition coefficient (Wildman–Crippen LogP) is 4.12. The second kappa shape index (κ2) is 4.60. The third-order valence-corrected chi connectivity index (χ3v) is 3.81. The highest BCUT2D eigenvalue weighted by Gasteiger charge is 2.08. The molecule has 2 aromatic carbocycles. The Kier molecular flexibility index (Phi) is 2.61. The molecule has 21 heavy (non-hydrogen) atoms. The van der Waals surface area contributed by atoms with Crippen molar-refractivity contribution in [1.29, 1.82) is 0 Å². The van der Waals surface area contributed by atoms with Crippen LogP contribution < -0.4 is 5.43 Å². The van der Waals surface area contributed by atoms with Crippen LogP contribution in [-0.4, -0.2) is 4.40 Å². The zero-order chi connectivity index (χ0) is 14.2. The van der Waals surface area contributed by atoms with Crippen LogP contribution in [0.4, 0.5) is 0 Å². The van der Waals surface area contributed by atoms with Gasteiger partial charge in [0.15, 0.2) is 0 Å². The van der Waals surface area contributed by atoms with E-state index in [1.165, 1.54) is 0 Å². The van der Waals surface area contributed by atoms with Crippen LogP contribution in [0.25, 0.3) is 27.5 Å². The first-order valence-electron chi connectivity index (χ1n) is 6.93. The Morgan fingerprint density at radius 1 is 0.714 bits per heavy atom. The number of benzene rings is 2. The van der Waals surface area contributed by atoms with Gasteiger partial charge in [-0.25, -0.2) is 0 Å². The Labute approximate surface area is 121 Å². The van der Waals surface area contributed by atoms with Crippen molar-refractivity contribution in [3.8, 4) is 11.1 Å². The molecular formula is C19H13NO. The average Bonchev–Trinajstić information content (AvgIpc) is 2.98. The van der Waals surface area contributed by atoms with E-state index in [-0.39, 0.29) is 5.43 Å². The molecule has 0 atom stereocenters. The molecule has 0 aliphatic heterocycles. The Morgan fingerprint density at radius 3 is 2.29 bits per heavy atom. The summed E-state index contributed by atoms with van der Waals surface area (Å²) in [5.74, 6) is 0. The Morgan fingerprint density at radius 2 is 1.43 bits per heavy atom. The van der Waals surface area contributed by atoms with Gasteiger partial charge in [-0.1, -0.05) is 48.5 Å². The maximum absolute atomic E-state index is 12.9. The molecule has 100 valence electrons. The zero-order valence-electron chi connectivity index (χ0n) is 11.4. The maximum atomic E-state index is 12.9. The number of fused-ring (bicyclic) bond motifs is 3. The normalized spacial score (nSPS) is 11.0. The number of nitrogens with zero attached hydrogens (tertiary/aromatic N) is 1. The summed E-state index contributed by atoms with van der Waals surface area (Å²) >= 11 is 0. The van der Waals surface area contributed by atoms with Crippen LogP contribution in [0, 0.1) is 0 Å². The van der Waals surface area contributed by atoms with Crippen molar-refractivity contribution in [3.05, 3.63) is 89.2 Å². The topological polar surface area (TPSA) is 21.5 Å². The monoisotopic (exact) mass is 271 g/mol. The lowest BCUT2D eigenvalue weighted by Gasteiger charge is -1.97. The number of hydrogen-bond donors (Lipinski definition) is 0. The molecule has 4 rings (SSSR count). The molecule has 2 heterocycles. The van der Waals surface area contributed by atoms with E-state index in [0.717, 1.165) is 22.0 Å². The fourth-order valence-electron chi connectivity index (χ4n) is 2.80. The number of aromatic nitrogens is 1. The van der Waals surface area contributed by atoms with E-state index in [0.29, 0.717) is 5.52 Å². The van der Waals surface area contributed by atoms with Crippen LogP contribution in [0.15, 0.2) is 83.8 Å². The lowest BCUT2D eigenvalue weighted by atomic mass is 10.1. The average molecular weight is 271 g/mol. The molecule has 0 aliphatic rings. The minimum atomic E-state index is 0.0578. The van der Waals surface area contributed by atoms with Gasteiger partial charge in [0.05, 0.1) is 11.0 Å². The Hall–Kier alpha value is -2.87. The summed E-state index contributed by atoms with van der Waals surface area (Å²) in [4.78, 5) is 12.9. The first-order valence-corrected chi connectivity index (χ1v) is 6.93. The summed E-state index contributed by atoms with van der Waals surface area (Å²) in [6.07, 6.45) is 1.94. The van der Waals surface area contributed by atoms with Gasteiger partial charge < -0.3 is 4.40 Å². The molecule has 0 aliphatic carbocycles. The van der Waals surface area contributed by atoms with E-state index in [1.807, 2.05) is 83.4 Å². The van der Waals surface area contributed by atoms with Gasteiger partial charge in [0.2, 0.25) is 5.43 Å². The largest absolute Gasteiger partial charge is 0.313 e. The van der Waals surface area contributed by atoms with Gasteiger partial charge in [-0.15, -0.1) is 0 Å². The molecule has 2 heteroatoms. The van der Waals surface area contributed by atoms with Crippen LogP contribution in [0.2, 0.25) is 0 Å². The van der Waals surface area contributed by atoms with Crippen LogP contribution in [0.3, 0.4) is 0 Å². The Bertz CT molecular complexity index is 1000. The molecule has 0 saturated carbocycles. The van der Waals surface area contributed by atoms with Crippen molar-refractivity contribution < 1.29 is 0 Å². The second-order valence-electron chi connectivity index (χ2n) is 5.08. The van der Waals surface area contributed by atoms with Gasteiger partial charge in [0.25, 0.3) is 0 Å². The van der Waals surface area contributed by atoms with Crippen molar-refractivity contribution in [2.24, 2.45) is 0 Å². The number of hydrogen-bond acceptors (Lipinski definition) is 1. The first-order chi connectivity index (χ1) is 10.3. The van der Waals surface area contributed by atoms with Gasteiger partial charge in [-0.05, 0) is 35.2 Å². The summed E-state index contributed by atoms with van der Waals surface area (Å²) in [5.41, 5.74) is 3.49. The predicted molar refractivity (Wildman–Crippen MR) is 86.6 cm³/mol. The molecule has 0 unspecified atom stereocenters. The van der Waals surface area contributed by atoms with Crippen LogP contribution in [0.5, 0.6) is 0 Å². The fourth-order valence-corrected chi connectivity index (χ4v) is 2.80. The summed E-state index contributed by atoms with van der Waals surface area (Å²) in [6, 6.07) is 23.7. The van der Waals surface area contributed by atoms with Crippen LogP contribution in [-0.2, 0) is 0 Å². The van der Waals surface area contributed by atoms with Gasteiger partial charge in [-0.3, -0.25) is 4.79 Å². The van der Waals surface area contributed by atoms with Crippen molar-refractivity contribution in [1.82, 2.24) is 4.40 Å². The molecular weight excluding hydrogens is 258 g/mol. The second-order valence-corrected chi connectivity index (χ2v) is 5.08. The number of para-hydroxylation sites is 1.